The summed E-state index contributed by atoms with van der Waals surface area (Å²) in [6.45, 7) is 1.12. The molecule has 0 spiro atoms. The molecule has 0 N–H and O–H groups in total. The third kappa shape index (κ3) is 7.84. The fourth-order valence-electron chi connectivity index (χ4n) is 5.94. The van der Waals surface area contributed by atoms with Gasteiger partial charge < -0.3 is 18.9 Å². The van der Waals surface area contributed by atoms with Gasteiger partial charge in [0, 0.05) is 12.2 Å². The van der Waals surface area contributed by atoms with Crippen molar-refractivity contribution < 1.29 is 28.5 Å². The van der Waals surface area contributed by atoms with E-state index < -0.39 is 29.8 Å². The number of nitrogens with zero attached hydrogens (tertiary/aromatic N) is 1. The molecule has 240 valence electrons. The average molecular weight is 648 g/mol. The summed E-state index contributed by atoms with van der Waals surface area (Å²) in [6, 6.07) is 35.7. The fourth-order valence-corrected chi connectivity index (χ4v) is 7.10. The maximum atomic E-state index is 14.0. The standard InChI is InChI=1S/C39H37NO6S/c1-2-3-23-47-39-34(40-37(41)31-21-13-14-22-32(31)38(40)42)36(45-26-30-19-11-6-12-20-30)35(44-25-29-17-9-5-10-18-29)33(46-39)27-43-24-28-15-7-4-8-16-28/h1,4-22,33-36,39H,3,23-27H2/t33-,34-,35-,36-,39+/m1/s1. The molecule has 8 heteroatoms. The molecule has 0 radical (unpaired) electrons. The van der Waals surface area contributed by atoms with E-state index in [1.165, 1.54) is 16.7 Å². The van der Waals surface area contributed by atoms with Crippen LogP contribution in [-0.4, -0.2) is 58.9 Å². The lowest BCUT2D eigenvalue weighted by molar-refractivity contribution is -0.223. The first-order valence-corrected chi connectivity index (χ1v) is 16.8. The molecule has 4 aromatic carbocycles. The lowest BCUT2D eigenvalue weighted by Crippen LogP contribution is -2.65. The van der Waals surface area contributed by atoms with Crippen molar-refractivity contribution in [1.29, 1.82) is 0 Å². The van der Waals surface area contributed by atoms with Crippen molar-refractivity contribution >= 4 is 23.6 Å². The van der Waals surface area contributed by atoms with E-state index in [9.17, 15) is 9.59 Å². The molecule has 6 rings (SSSR count). The summed E-state index contributed by atoms with van der Waals surface area (Å²) in [4.78, 5) is 29.3. The number of hydrogen-bond donors (Lipinski definition) is 0. The molecule has 0 aromatic heterocycles. The van der Waals surface area contributed by atoms with Gasteiger partial charge in [-0.05, 0) is 28.8 Å². The third-order valence-corrected chi connectivity index (χ3v) is 9.39. The highest BCUT2D eigenvalue weighted by Gasteiger charge is 2.54. The predicted molar refractivity (Wildman–Crippen MR) is 181 cm³/mol. The molecular weight excluding hydrogens is 610 g/mol. The minimum atomic E-state index is -0.806. The van der Waals surface area contributed by atoms with Crippen LogP contribution in [0.5, 0.6) is 0 Å². The number of fused-ring (bicyclic) bond motifs is 1. The number of ether oxygens (including phenoxy) is 4. The Balaban J connectivity index is 1.37. The zero-order valence-electron chi connectivity index (χ0n) is 26.0. The van der Waals surface area contributed by atoms with Crippen LogP contribution >= 0.6 is 11.8 Å². The minimum absolute atomic E-state index is 0.209. The molecule has 0 unspecified atom stereocenters. The number of carbonyl (C=O) groups is 2. The summed E-state index contributed by atoms with van der Waals surface area (Å²) >= 11 is 1.47. The molecule has 47 heavy (non-hydrogen) atoms. The van der Waals surface area contributed by atoms with Gasteiger partial charge in [-0.3, -0.25) is 14.5 Å². The second-order valence-electron chi connectivity index (χ2n) is 11.4. The minimum Gasteiger partial charge on any atom is -0.374 e. The van der Waals surface area contributed by atoms with E-state index in [0.29, 0.717) is 29.9 Å². The van der Waals surface area contributed by atoms with E-state index in [0.717, 1.165) is 16.7 Å². The second-order valence-corrected chi connectivity index (χ2v) is 12.6. The van der Waals surface area contributed by atoms with Crippen LogP contribution in [0.15, 0.2) is 115 Å². The number of rotatable bonds is 14. The highest BCUT2D eigenvalue weighted by molar-refractivity contribution is 7.99. The smallest absolute Gasteiger partial charge is 0.262 e. The van der Waals surface area contributed by atoms with Gasteiger partial charge in [0.05, 0.1) is 37.6 Å². The molecule has 4 aromatic rings. The SMILES string of the molecule is C#CCCS[C@@H]1O[C@H](COCc2ccccc2)[C@@H](OCc2ccccc2)[C@H](OCc2ccccc2)[C@H]1N1C(=O)c2ccccc2C1=O. The second kappa shape index (κ2) is 16.1. The first kappa shape index (κ1) is 32.7. The normalized spacial score (nSPS) is 22.2. The van der Waals surface area contributed by atoms with Crippen LogP contribution in [0.25, 0.3) is 0 Å². The molecule has 0 aliphatic carbocycles. The topological polar surface area (TPSA) is 74.3 Å². The first-order valence-electron chi connectivity index (χ1n) is 15.7. The van der Waals surface area contributed by atoms with Crippen LogP contribution in [0.2, 0.25) is 0 Å². The van der Waals surface area contributed by atoms with Crippen molar-refractivity contribution in [2.75, 3.05) is 12.4 Å². The highest BCUT2D eigenvalue weighted by atomic mass is 32.2. The van der Waals surface area contributed by atoms with Gasteiger partial charge >= 0.3 is 0 Å². The summed E-state index contributed by atoms with van der Waals surface area (Å²) in [5, 5.41) is 0. The van der Waals surface area contributed by atoms with E-state index in [2.05, 4.69) is 5.92 Å². The fraction of sp³-hybridized carbons (Fsp3) is 0.282. The van der Waals surface area contributed by atoms with Crippen molar-refractivity contribution in [2.24, 2.45) is 0 Å². The van der Waals surface area contributed by atoms with Gasteiger partial charge in [0.2, 0.25) is 0 Å². The number of hydrogen-bond acceptors (Lipinski definition) is 7. The molecular formula is C39H37NO6S. The summed E-state index contributed by atoms with van der Waals surface area (Å²) in [6.07, 6.45) is 4.11. The van der Waals surface area contributed by atoms with E-state index in [1.807, 2.05) is 91.0 Å². The molecule has 1 fully saturated rings. The monoisotopic (exact) mass is 647 g/mol. The summed E-state index contributed by atoms with van der Waals surface area (Å²) in [5.74, 6) is 2.50. The molecule has 7 nitrogen and oxygen atoms in total. The van der Waals surface area contributed by atoms with Gasteiger partial charge in [0.1, 0.15) is 29.8 Å². The van der Waals surface area contributed by atoms with Crippen molar-refractivity contribution in [2.45, 2.75) is 56.0 Å². The van der Waals surface area contributed by atoms with E-state index in [4.69, 9.17) is 25.4 Å². The van der Waals surface area contributed by atoms with Crippen LogP contribution in [0, 0.1) is 12.3 Å². The number of thioether (sulfide) groups is 1. The highest BCUT2D eigenvalue weighted by Crippen LogP contribution is 2.39. The molecule has 5 atom stereocenters. The first-order chi connectivity index (χ1) is 23.1. The van der Waals surface area contributed by atoms with Crippen molar-refractivity contribution in [3.05, 3.63) is 143 Å². The molecule has 2 amide bonds. The molecule has 2 aliphatic heterocycles. The Labute approximate surface area is 280 Å². The Morgan fingerprint density at radius 2 is 1.17 bits per heavy atom. The summed E-state index contributed by atoms with van der Waals surface area (Å²) in [7, 11) is 0. The van der Waals surface area contributed by atoms with Gasteiger partial charge in [-0.25, -0.2) is 0 Å². The Morgan fingerprint density at radius 3 is 1.70 bits per heavy atom. The largest absolute Gasteiger partial charge is 0.374 e. The number of carbonyl (C=O) groups excluding carboxylic acids is 2. The lowest BCUT2D eigenvalue weighted by atomic mass is 9.95. The predicted octanol–water partition coefficient (Wildman–Crippen LogP) is 6.52. The van der Waals surface area contributed by atoms with Gasteiger partial charge in [-0.1, -0.05) is 103 Å². The zero-order valence-corrected chi connectivity index (χ0v) is 26.8. The van der Waals surface area contributed by atoms with Crippen molar-refractivity contribution in [1.82, 2.24) is 4.90 Å². The maximum Gasteiger partial charge on any atom is 0.262 e. The number of benzene rings is 4. The summed E-state index contributed by atoms with van der Waals surface area (Å²) in [5.41, 5.74) is 3.04. The van der Waals surface area contributed by atoms with Crippen LogP contribution in [0.1, 0.15) is 43.8 Å². The number of amides is 2. The van der Waals surface area contributed by atoms with Gasteiger partial charge in [-0.2, -0.15) is 0 Å². The van der Waals surface area contributed by atoms with Crippen LogP contribution < -0.4 is 0 Å². The molecule has 2 heterocycles. The van der Waals surface area contributed by atoms with Gasteiger partial charge in [0.25, 0.3) is 11.8 Å². The molecule has 0 saturated carbocycles. The Kier molecular flexibility index (Phi) is 11.2. The van der Waals surface area contributed by atoms with E-state index in [1.54, 1.807) is 24.3 Å². The molecule has 2 aliphatic rings. The van der Waals surface area contributed by atoms with Gasteiger partial charge in [-0.15, -0.1) is 24.1 Å². The maximum absolute atomic E-state index is 14.0. The number of imide groups is 1. The van der Waals surface area contributed by atoms with E-state index in [-0.39, 0.29) is 31.6 Å². The van der Waals surface area contributed by atoms with Crippen molar-refractivity contribution in [3.63, 3.8) is 0 Å². The average Bonchev–Trinajstić information content (AvgIpc) is 3.37. The molecule has 1 saturated heterocycles. The zero-order chi connectivity index (χ0) is 32.4. The summed E-state index contributed by atoms with van der Waals surface area (Å²) < 4.78 is 26.5. The lowest BCUT2D eigenvalue weighted by Gasteiger charge is -2.48. The van der Waals surface area contributed by atoms with Crippen LogP contribution in [-0.2, 0) is 38.8 Å². The Morgan fingerprint density at radius 1 is 0.681 bits per heavy atom. The van der Waals surface area contributed by atoms with Gasteiger partial charge in [0.15, 0.2) is 0 Å². The Hall–Kier alpha value is -4.23. The Bertz CT molecular complexity index is 1630. The van der Waals surface area contributed by atoms with E-state index >= 15 is 0 Å². The van der Waals surface area contributed by atoms with Crippen molar-refractivity contribution in [3.8, 4) is 12.3 Å². The quantitative estimate of drug-likeness (QED) is 0.0877. The number of terminal acetylenes is 1. The van der Waals surface area contributed by atoms with Crippen LogP contribution in [0.3, 0.4) is 0 Å². The van der Waals surface area contributed by atoms with Crippen LogP contribution in [0.4, 0.5) is 0 Å². The third-order valence-electron chi connectivity index (χ3n) is 8.23. The molecule has 0 bridgehead atoms.